The van der Waals surface area contributed by atoms with E-state index in [4.69, 9.17) is 0 Å². The molecule has 0 radical (unpaired) electrons. The van der Waals surface area contributed by atoms with Crippen molar-refractivity contribution in [2.75, 3.05) is 19.6 Å². The topological polar surface area (TPSA) is 20.3 Å². The fourth-order valence-electron chi connectivity index (χ4n) is 2.04. The van der Waals surface area contributed by atoms with E-state index in [1.54, 1.807) is 11.3 Å². The molecule has 0 saturated carbocycles. The Kier molecular flexibility index (Phi) is 6.03. The van der Waals surface area contributed by atoms with Crippen molar-refractivity contribution in [3.05, 3.63) is 22.4 Å². The van der Waals surface area contributed by atoms with E-state index in [0.717, 1.165) is 18.5 Å². The molecule has 0 aromatic carbocycles. The number of carbonyl (C=O) groups excluding carboxylic acids is 1. The van der Waals surface area contributed by atoms with Crippen LogP contribution in [-0.4, -0.2) is 30.3 Å². The third-order valence-corrected chi connectivity index (χ3v) is 3.60. The zero-order valence-electron chi connectivity index (χ0n) is 9.35. The normalized spacial score (nSPS) is 16.0. The zero-order valence-corrected chi connectivity index (χ0v) is 11.0. The lowest BCUT2D eigenvalue weighted by Gasteiger charge is -2.13. The van der Waals surface area contributed by atoms with Crippen LogP contribution in [0.1, 0.15) is 36.0 Å². The number of likely N-dealkylation sites (tertiary alicyclic amines) is 1. The van der Waals surface area contributed by atoms with Crippen molar-refractivity contribution < 1.29 is 4.79 Å². The Bertz CT molecular complexity index is 307. The van der Waals surface area contributed by atoms with Gasteiger partial charge in [0.1, 0.15) is 0 Å². The second-order valence-corrected chi connectivity index (χ2v) is 4.87. The molecule has 0 atom stereocenters. The molecule has 1 aromatic heterocycles. The van der Waals surface area contributed by atoms with Crippen LogP contribution < -0.4 is 0 Å². The number of carbonyl (C=O) groups is 1. The number of thiophene rings is 1. The summed E-state index contributed by atoms with van der Waals surface area (Å²) >= 11 is 1.60. The molecule has 0 aliphatic carbocycles. The third-order valence-electron chi connectivity index (χ3n) is 2.92. The molecule has 2 rings (SSSR count). The van der Waals surface area contributed by atoms with E-state index in [1.807, 2.05) is 16.8 Å². The molecule has 0 amide bonds. The molecule has 0 unspecified atom stereocenters. The van der Waals surface area contributed by atoms with Crippen LogP contribution in [-0.2, 0) is 0 Å². The van der Waals surface area contributed by atoms with Gasteiger partial charge in [-0.1, -0.05) is 0 Å². The van der Waals surface area contributed by atoms with Crippen molar-refractivity contribution in [1.82, 2.24) is 4.90 Å². The van der Waals surface area contributed by atoms with Gasteiger partial charge in [0.2, 0.25) is 0 Å². The smallest absolute Gasteiger partial charge is 0.163 e. The van der Waals surface area contributed by atoms with Crippen LogP contribution in [0.4, 0.5) is 0 Å². The second-order valence-electron chi connectivity index (χ2n) is 4.09. The highest BCUT2D eigenvalue weighted by atomic mass is 35.5. The van der Waals surface area contributed by atoms with Crippen molar-refractivity contribution in [2.24, 2.45) is 0 Å². The maximum absolute atomic E-state index is 11.7. The van der Waals surface area contributed by atoms with E-state index in [-0.39, 0.29) is 12.4 Å². The van der Waals surface area contributed by atoms with Crippen LogP contribution >= 0.6 is 23.7 Å². The van der Waals surface area contributed by atoms with Gasteiger partial charge in [-0.2, -0.15) is 11.3 Å². The third kappa shape index (κ3) is 3.89. The summed E-state index contributed by atoms with van der Waals surface area (Å²) in [6.07, 6.45) is 4.37. The van der Waals surface area contributed by atoms with Gasteiger partial charge < -0.3 is 4.90 Å². The average Bonchev–Trinajstić information content (AvgIpc) is 2.90. The van der Waals surface area contributed by atoms with Crippen LogP contribution in [0.3, 0.4) is 0 Å². The van der Waals surface area contributed by atoms with Gasteiger partial charge >= 0.3 is 0 Å². The molecule has 1 fully saturated rings. The molecule has 2 heterocycles. The van der Waals surface area contributed by atoms with Crippen molar-refractivity contribution in [1.29, 1.82) is 0 Å². The molecule has 2 nitrogen and oxygen atoms in total. The average molecular weight is 260 g/mol. The van der Waals surface area contributed by atoms with E-state index >= 15 is 0 Å². The molecule has 0 spiro atoms. The number of Topliss-reactive ketones (excluding diaryl/α,β-unsaturated/α-hetero) is 1. The monoisotopic (exact) mass is 259 g/mol. The lowest BCUT2D eigenvalue weighted by atomic mass is 10.1. The molecule has 16 heavy (non-hydrogen) atoms. The van der Waals surface area contributed by atoms with Gasteiger partial charge in [-0.05, 0) is 50.3 Å². The van der Waals surface area contributed by atoms with Crippen LogP contribution in [0.25, 0.3) is 0 Å². The number of ketones is 1. The first-order valence-electron chi connectivity index (χ1n) is 5.64. The quantitative estimate of drug-likeness (QED) is 0.757. The predicted molar refractivity (Wildman–Crippen MR) is 70.8 cm³/mol. The highest BCUT2D eigenvalue weighted by Gasteiger charge is 2.12. The van der Waals surface area contributed by atoms with E-state index in [1.165, 1.54) is 25.9 Å². The molecule has 1 saturated heterocycles. The van der Waals surface area contributed by atoms with E-state index in [2.05, 4.69) is 4.90 Å². The Morgan fingerprint density at radius 2 is 2.12 bits per heavy atom. The first-order chi connectivity index (χ1) is 7.36. The number of hydrogen-bond donors (Lipinski definition) is 0. The molecule has 1 aliphatic heterocycles. The molecule has 0 N–H and O–H groups in total. The summed E-state index contributed by atoms with van der Waals surface area (Å²) in [7, 11) is 0. The minimum absolute atomic E-state index is 0. The Labute approximate surface area is 107 Å². The zero-order chi connectivity index (χ0) is 10.5. The molecule has 1 aliphatic rings. The highest BCUT2D eigenvalue weighted by molar-refractivity contribution is 7.08. The van der Waals surface area contributed by atoms with Crippen LogP contribution in [0.2, 0.25) is 0 Å². The minimum Gasteiger partial charge on any atom is -0.303 e. The fourth-order valence-corrected chi connectivity index (χ4v) is 2.70. The summed E-state index contributed by atoms with van der Waals surface area (Å²) in [5, 5.41) is 3.91. The second kappa shape index (κ2) is 7.05. The van der Waals surface area contributed by atoms with Crippen molar-refractivity contribution in [3.8, 4) is 0 Å². The van der Waals surface area contributed by atoms with Crippen LogP contribution in [0.5, 0.6) is 0 Å². The van der Waals surface area contributed by atoms with Crippen molar-refractivity contribution >= 4 is 29.5 Å². The summed E-state index contributed by atoms with van der Waals surface area (Å²) in [5.74, 6) is 0.301. The Balaban J connectivity index is 0.00000128. The lowest BCUT2D eigenvalue weighted by Crippen LogP contribution is -2.20. The van der Waals surface area contributed by atoms with E-state index in [9.17, 15) is 4.79 Å². The Hall–Kier alpha value is -0.380. The summed E-state index contributed by atoms with van der Waals surface area (Å²) in [6, 6.07) is 1.92. The van der Waals surface area contributed by atoms with Gasteiger partial charge in [0, 0.05) is 17.4 Å². The van der Waals surface area contributed by atoms with Gasteiger partial charge in [0.25, 0.3) is 0 Å². The summed E-state index contributed by atoms with van der Waals surface area (Å²) in [4.78, 5) is 14.1. The maximum atomic E-state index is 11.7. The van der Waals surface area contributed by atoms with Crippen LogP contribution in [0, 0.1) is 0 Å². The molecular weight excluding hydrogens is 242 g/mol. The number of halogens is 1. The fraction of sp³-hybridized carbons (Fsp3) is 0.583. The molecule has 1 aromatic rings. The first kappa shape index (κ1) is 13.7. The van der Waals surface area contributed by atoms with Crippen molar-refractivity contribution in [2.45, 2.75) is 25.7 Å². The molecule has 90 valence electrons. The molecular formula is C12H18ClNOS. The maximum Gasteiger partial charge on any atom is 0.163 e. The van der Waals surface area contributed by atoms with Gasteiger partial charge in [0.15, 0.2) is 5.78 Å². The van der Waals surface area contributed by atoms with Crippen LogP contribution in [0.15, 0.2) is 16.8 Å². The van der Waals surface area contributed by atoms with E-state index in [0.29, 0.717) is 12.2 Å². The number of hydrogen-bond acceptors (Lipinski definition) is 3. The van der Waals surface area contributed by atoms with Gasteiger partial charge in [0.05, 0.1) is 0 Å². The largest absolute Gasteiger partial charge is 0.303 e. The molecule has 0 bridgehead atoms. The number of nitrogens with zero attached hydrogens (tertiary/aromatic N) is 1. The van der Waals surface area contributed by atoms with E-state index < -0.39 is 0 Å². The SMILES string of the molecule is Cl.O=C(CCCN1CCCC1)c1ccsc1. The Morgan fingerprint density at radius 1 is 1.38 bits per heavy atom. The minimum atomic E-state index is 0. The van der Waals surface area contributed by atoms with Gasteiger partial charge in [-0.25, -0.2) is 0 Å². The molecule has 4 heteroatoms. The Morgan fingerprint density at radius 3 is 2.75 bits per heavy atom. The highest BCUT2D eigenvalue weighted by Crippen LogP contribution is 2.12. The van der Waals surface area contributed by atoms with Gasteiger partial charge in [-0.3, -0.25) is 4.79 Å². The summed E-state index contributed by atoms with van der Waals surface area (Å²) in [6.45, 7) is 3.55. The van der Waals surface area contributed by atoms with Crippen molar-refractivity contribution in [3.63, 3.8) is 0 Å². The lowest BCUT2D eigenvalue weighted by molar-refractivity contribution is 0.0976. The number of rotatable bonds is 5. The summed E-state index contributed by atoms with van der Waals surface area (Å²) < 4.78 is 0. The standard InChI is InChI=1S/C12H17NOS.ClH/c14-12(11-5-9-15-10-11)4-3-8-13-6-1-2-7-13;/h5,9-10H,1-4,6-8H2;1H. The summed E-state index contributed by atoms with van der Waals surface area (Å²) in [5.41, 5.74) is 0.890. The van der Waals surface area contributed by atoms with Gasteiger partial charge in [-0.15, -0.1) is 12.4 Å². The predicted octanol–water partition coefficient (Wildman–Crippen LogP) is 3.23. The first-order valence-corrected chi connectivity index (χ1v) is 6.58.